The van der Waals surface area contributed by atoms with Gasteiger partial charge in [0.25, 0.3) is 0 Å². The van der Waals surface area contributed by atoms with Crippen LogP contribution in [0.1, 0.15) is 50.5 Å². The number of benzene rings is 1. The van der Waals surface area contributed by atoms with Gasteiger partial charge in [0.15, 0.2) is 0 Å². The quantitative estimate of drug-likeness (QED) is 0.833. The van der Waals surface area contributed by atoms with Crippen LogP contribution in [-0.2, 0) is 11.3 Å². The Hall–Kier alpha value is -1.35. The summed E-state index contributed by atoms with van der Waals surface area (Å²) in [7, 11) is 0. The molecule has 0 fully saturated rings. The number of carbonyl (C=O) groups excluding carboxylic acids is 1. The molecule has 0 aliphatic heterocycles. The summed E-state index contributed by atoms with van der Waals surface area (Å²) in [6.07, 6.45) is 0. The fourth-order valence-corrected chi connectivity index (χ4v) is 1.47. The van der Waals surface area contributed by atoms with E-state index in [4.69, 9.17) is 4.74 Å². The molecular formula is C15H23NO2. The molecule has 0 bridgehead atoms. The predicted molar refractivity (Wildman–Crippen MR) is 73.6 cm³/mol. The van der Waals surface area contributed by atoms with Gasteiger partial charge < -0.3 is 10.1 Å². The molecule has 0 amide bonds. The van der Waals surface area contributed by atoms with Crippen molar-refractivity contribution in [3.05, 3.63) is 35.4 Å². The van der Waals surface area contributed by atoms with Crippen LogP contribution in [0.4, 0.5) is 0 Å². The molecule has 0 spiro atoms. The van der Waals surface area contributed by atoms with Crippen molar-refractivity contribution in [2.75, 3.05) is 0 Å². The molecule has 0 saturated carbocycles. The zero-order valence-corrected chi connectivity index (χ0v) is 11.9. The van der Waals surface area contributed by atoms with Crippen LogP contribution >= 0.6 is 0 Å². The van der Waals surface area contributed by atoms with Gasteiger partial charge in [-0.25, -0.2) is 4.79 Å². The average Bonchev–Trinajstić information content (AvgIpc) is 2.24. The van der Waals surface area contributed by atoms with Crippen molar-refractivity contribution in [1.82, 2.24) is 5.32 Å². The monoisotopic (exact) mass is 249 g/mol. The molecule has 100 valence electrons. The van der Waals surface area contributed by atoms with Gasteiger partial charge in [-0.3, -0.25) is 0 Å². The minimum atomic E-state index is -0.455. The van der Waals surface area contributed by atoms with Gasteiger partial charge in [-0.1, -0.05) is 26.0 Å². The third kappa shape index (κ3) is 5.32. The summed E-state index contributed by atoms with van der Waals surface area (Å²) >= 11 is 0. The van der Waals surface area contributed by atoms with Crippen LogP contribution in [0.2, 0.25) is 0 Å². The van der Waals surface area contributed by atoms with Gasteiger partial charge >= 0.3 is 5.97 Å². The standard InChI is InChI=1S/C15H23NO2/c1-11(2)16-10-12-7-6-8-13(9-12)14(17)18-15(3,4)5/h6-9,11,16H,10H2,1-5H3. The lowest BCUT2D eigenvalue weighted by Gasteiger charge is -2.19. The van der Waals surface area contributed by atoms with Crippen molar-refractivity contribution in [2.24, 2.45) is 0 Å². The van der Waals surface area contributed by atoms with E-state index in [2.05, 4.69) is 19.2 Å². The zero-order chi connectivity index (χ0) is 13.8. The van der Waals surface area contributed by atoms with Crippen molar-refractivity contribution < 1.29 is 9.53 Å². The molecule has 1 N–H and O–H groups in total. The highest BCUT2D eigenvalue weighted by atomic mass is 16.6. The molecule has 0 unspecified atom stereocenters. The lowest BCUT2D eigenvalue weighted by molar-refractivity contribution is 0.00694. The Morgan fingerprint density at radius 2 is 2.00 bits per heavy atom. The van der Waals surface area contributed by atoms with Crippen molar-refractivity contribution in [3.8, 4) is 0 Å². The topological polar surface area (TPSA) is 38.3 Å². The van der Waals surface area contributed by atoms with Crippen molar-refractivity contribution in [1.29, 1.82) is 0 Å². The molecule has 0 aliphatic carbocycles. The molecule has 1 aromatic carbocycles. The van der Waals surface area contributed by atoms with E-state index in [1.807, 2.05) is 39.0 Å². The summed E-state index contributed by atoms with van der Waals surface area (Å²) in [5.41, 5.74) is 1.24. The lowest BCUT2D eigenvalue weighted by atomic mass is 10.1. The fourth-order valence-electron chi connectivity index (χ4n) is 1.47. The molecule has 0 aromatic heterocycles. The molecule has 1 rings (SSSR count). The smallest absolute Gasteiger partial charge is 0.338 e. The van der Waals surface area contributed by atoms with Crippen LogP contribution in [0, 0.1) is 0 Å². The zero-order valence-electron chi connectivity index (χ0n) is 11.9. The van der Waals surface area contributed by atoms with Gasteiger partial charge in [0.1, 0.15) is 5.60 Å². The van der Waals surface area contributed by atoms with Crippen molar-refractivity contribution in [2.45, 2.75) is 52.8 Å². The Kier molecular flexibility index (Phi) is 4.91. The van der Waals surface area contributed by atoms with Gasteiger partial charge in [0, 0.05) is 12.6 Å². The second-order valence-electron chi connectivity index (χ2n) is 5.74. The van der Waals surface area contributed by atoms with Crippen LogP contribution < -0.4 is 5.32 Å². The minimum absolute atomic E-state index is 0.270. The van der Waals surface area contributed by atoms with E-state index < -0.39 is 5.60 Å². The largest absolute Gasteiger partial charge is 0.456 e. The number of rotatable bonds is 4. The van der Waals surface area contributed by atoms with Crippen molar-refractivity contribution >= 4 is 5.97 Å². The molecule has 0 radical (unpaired) electrons. The summed E-state index contributed by atoms with van der Waals surface area (Å²) in [5.74, 6) is -0.270. The van der Waals surface area contributed by atoms with Gasteiger partial charge in [0.05, 0.1) is 5.56 Å². The third-order valence-corrected chi connectivity index (χ3v) is 2.28. The van der Waals surface area contributed by atoms with Gasteiger partial charge in [0.2, 0.25) is 0 Å². The highest BCUT2D eigenvalue weighted by Gasteiger charge is 2.17. The summed E-state index contributed by atoms with van der Waals surface area (Å²) in [6, 6.07) is 7.98. The lowest BCUT2D eigenvalue weighted by Crippen LogP contribution is -2.24. The summed E-state index contributed by atoms with van der Waals surface area (Å²) in [4.78, 5) is 11.9. The molecule has 0 saturated heterocycles. The molecule has 0 heterocycles. The highest BCUT2D eigenvalue weighted by Crippen LogP contribution is 2.13. The van der Waals surface area contributed by atoms with Gasteiger partial charge in [-0.05, 0) is 38.5 Å². The number of hydrogen-bond acceptors (Lipinski definition) is 3. The SMILES string of the molecule is CC(C)NCc1cccc(C(=O)OC(C)(C)C)c1. The molecule has 3 nitrogen and oxygen atoms in total. The Morgan fingerprint density at radius 3 is 2.56 bits per heavy atom. The fraction of sp³-hybridized carbons (Fsp3) is 0.533. The second kappa shape index (κ2) is 6.01. The number of carbonyl (C=O) groups is 1. The second-order valence-corrected chi connectivity index (χ2v) is 5.74. The van der Waals surface area contributed by atoms with E-state index in [1.54, 1.807) is 6.07 Å². The first-order valence-electron chi connectivity index (χ1n) is 6.33. The van der Waals surface area contributed by atoms with E-state index in [-0.39, 0.29) is 5.97 Å². The third-order valence-electron chi connectivity index (χ3n) is 2.28. The number of esters is 1. The Labute approximate surface area is 110 Å². The molecule has 3 heteroatoms. The molecular weight excluding hydrogens is 226 g/mol. The Balaban J connectivity index is 2.72. The molecule has 0 atom stereocenters. The average molecular weight is 249 g/mol. The van der Waals surface area contributed by atoms with Crippen LogP contribution in [-0.4, -0.2) is 17.6 Å². The Morgan fingerprint density at radius 1 is 1.33 bits per heavy atom. The van der Waals surface area contributed by atoms with Crippen LogP contribution in [0.3, 0.4) is 0 Å². The first-order valence-corrected chi connectivity index (χ1v) is 6.33. The predicted octanol–water partition coefficient (Wildman–Crippen LogP) is 3.14. The maximum absolute atomic E-state index is 11.9. The van der Waals surface area contributed by atoms with Crippen LogP contribution in [0.5, 0.6) is 0 Å². The highest BCUT2D eigenvalue weighted by molar-refractivity contribution is 5.89. The van der Waals surface area contributed by atoms with E-state index >= 15 is 0 Å². The van der Waals surface area contributed by atoms with Crippen molar-refractivity contribution in [3.63, 3.8) is 0 Å². The van der Waals surface area contributed by atoms with Gasteiger partial charge in [-0.15, -0.1) is 0 Å². The molecule has 0 aliphatic rings. The maximum Gasteiger partial charge on any atom is 0.338 e. The summed E-state index contributed by atoms with van der Waals surface area (Å²) in [6.45, 7) is 10.6. The summed E-state index contributed by atoms with van der Waals surface area (Å²) in [5, 5.41) is 3.32. The summed E-state index contributed by atoms with van der Waals surface area (Å²) < 4.78 is 5.35. The van der Waals surface area contributed by atoms with Crippen LogP contribution in [0.25, 0.3) is 0 Å². The number of ether oxygens (including phenoxy) is 1. The first kappa shape index (κ1) is 14.7. The first-order chi connectivity index (χ1) is 8.28. The van der Waals surface area contributed by atoms with E-state index in [0.29, 0.717) is 11.6 Å². The van der Waals surface area contributed by atoms with E-state index in [9.17, 15) is 4.79 Å². The van der Waals surface area contributed by atoms with Gasteiger partial charge in [-0.2, -0.15) is 0 Å². The normalized spacial score (nSPS) is 11.7. The van der Waals surface area contributed by atoms with E-state index in [0.717, 1.165) is 12.1 Å². The number of hydrogen-bond donors (Lipinski definition) is 1. The minimum Gasteiger partial charge on any atom is -0.456 e. The number of nitrogens with one attached hydrogen (secondary N) is 1. The van der Waals surface area contributed by atoms with E-state index in [1.165, 1.54) is 0 Å². The maximum atomic E-state index is 11.9. The van der Waals surface area contributed by atoms with Crippen LogP contribution in [0.15, 0.2) is 24.3 Å². The Bertz CT molecular complexity index is 405. The molecule has 1 aromatic rings. The molecule has 18 heavy (non-hydrogen) atoms.